The molecule has 1 aromatic rings. The van der Waals surface area contributed by atoms with Gasteiger partial charge in [-0.1, -0.05) is 25.1 Å². The Morgan fingerprint density at radius 2 is 2.10 bits per heavy atom. The number of carbonyl (C=O) groups is 1. The van der Waals surface area contributed by atoms with Gasteiger partial charge in [-0.15, -0.1) is 0 Å². The summed E-state index contributed by atoms with van der Waals surface area (Å²) < 4.78 is 0. The Labute approximate surface area is 127 Å². The van der Waals surface area contributed by atoms with Crippen molar-refractivity contribution in [1.29, 1.82) is 0 Å². The maximum Gasteiger partial charge on any atom is 0.242 e. The van der Waals surface area contributed by atoms with Crippen LogP contribution in [0.4, 0.5) is 5.69 Å². The summed E-state index contributed by atoms with van der Waals surface area (Å²) in [5.41, 5.74) is 2.63. The van der Waals surface area contributed by atoms with Crippen molar-refractivity contribution in [3.63, 3.8) is 0 Å². The average molecular weight is 286 g/mol. The summed E-state index contributed by atoms with van der Waals surface area (Å²) in [5, 5.41) is 0. The van der Waals surface area contributed by atoms with Crippen molar-refractivity contribution in [3.05, 3.63) is 29.8 Å². The Morgan fingerprint density at radius 1 is 1.29 bits per heavy atom. The van der Waals surface area contributed by atoms with Gasteiger partial charge in [-0.05, 0) is 50.7 Å². The lowest BCUT2D eigenvalue weighted by atomic mass is 10.00. The van der Waals surface area contributed by atoms with Gasteiger partial charge in [0.1, 0.15) is 0 Å². The Balaban J connectivity index is 1.72. The smallest absolute Gasteiger partial charge is 0.242 e. The number of rotatable bonds is 3. The lowest BCUT2D eigenvalue weighted by molar-refractivity contribution is -0.133. The number of piperidine rings is 1. The number of anilines is 1. The van der Waals surface area contributed by atoms with Gasteiger partial charge in [0.05, 0.1) is 6.54 Å². The van der Waals surface area contributed by atoms with Crippen LogP contribution in [0.1, 0.15) is 45.1 Å². The van der Waals surface area contributed by atoms with E-state index in [9.17, 15) is 4.79 Å². The molecule has 0 N–H and O–H groups in total. The summed E-state index contributed by atoms with van der Waals surface area (Å²) in [4.78, 5) is 17.2. The molecule has 0 spiro atoms. The van der Waals surface area contributed by atoms with Crippen LogP contribution in [0.3, 0.4) is 0 Å². The average Bonchev–Trinajstić information content (AvgIpc) is 2.83. The molecule has 0 bridgehead atoms. The van der Waals surface area contributed by atoms with Crippen LogP contribution >= 0.6 is 0 Å². The molecule has 2 heterocycles. The zero-order valence-electron chi connectivity index (χ0n) is 13.2. The molecule has 2 aliphatic rings. The number of amides is 1. The van der Waals surface area contributed by atoms with Gasteiger partial charge in [0.2, 0.25) is 5.91 Å². The highest BCUT2D eigenvalue weighted by molar-refractivity contribution is 5.83. The van der Waals surface area contributed by atoms with Crippen molar-refractivity contribution in [3.8, 4) is 0 Å². The van der Waals surface area contributed by atoms with E-state index in [1.165, 1.54) is 24.1 Å². The second-order valence-electron chi connectivity index (χ2n) is 6.45. The van der Waals surface area contributed by atoms with Gasteiger partial charge >= 0.3 is 0 Å². The third-order valence-electron chi connectivity index (χ3n) is 5.07. The van der Waals surface area contributed by atoms with Crippen molar-refractivity contribution < 1.29 is 4.79 Å². The van der Waals surface area contributed by atoms with Crippen molar-refractivity contribution in [2.75, 3.05) is 18.0 Å². The largest absolute Gasteiger partial charge is 0.359 e. The molecule has 2 atom stereocenters. The second-order valence-corrected chi connectivity index (χ2v) is 6.45. The minimum atomic E-state index is 0.310. The number of benzene rings is 1. The van der Waals surface area contributed by atoms with Gasteiger partial charge in [-0.3, -0.25) is 4.79 Å². The first kappa shape index (κ1) is 14.4. The van der Waals surface area contributed by atoms with E-state index in [0.29, 0.717) is 24.5 Å². The van der Waals surface area contributed by atoms with Crippen LogP contribution in [0, 0.1) is 0 Å². The van der Waals surface area contributed by atoms with Crippen molar-refractivity contribution in [1.82, 2.24) is 4.90 Å². The first-order chi connectivity index (χ1) is 10.2. The number of likely N-dealkylation sites (tertiary alicyclic amines) is 1. The van der Waals surface area contributed by atoms with Gasteiger partial charge in [0.15, 0.2) is 0 Å². The van der Waals surface area contributed by atoms with Crippen LogP contribution in [0.15, 0.2) is 24.3 Å². The van der Waals surface area contributed by atoms with Gasteiger partial charge in [0, 0.05) is 24.3 Å². The minimum Gasteiger partial charge on any atom is -0.359 e. The minimum absolute atomic E-state index is 0.310. The number of carbonyl (C=O) groups excluding carboxylic acids is 1. The second kappa shape index (κ2) is 6.08. The van der Waals surface area contributed by atoms with Crippen molar-refractivity contribution >= 4 is 11.6 Å². The maximum absolute atomic E-state index is 12.8. The zero-order valence-corrected chi connectivity index (χ0v) is 13.2. The van der Waals surface area contributed by atoms with Gasteiger partial charge < -0.3 is 9.80 Å². The molecule has 3 nitrogen and oxygen atoms in total. The van der Waals surface area contributed by atoms with Crippen LogP contribution in [0.25, 0.3) is 0 Å². The van der Waals surface area contributed by atoms with Crippen LogP contribution in [-0.4, -0.2) is 36.0 Å². The summed E-state index contributed by atoms with van der Waals surface area (Å²) in [7, 11) is 0. The van der Waals surface area contributed by atoms with Crippen LogP contribution < -0.4 is 4.90 Å². The van der Waals surface area contributed by atoms with E-state index in [1.54, 1.807) is 0 Å². The normalized spacial score (nSPS) is 25.0. The molecule has 0 saturated carbocycles. The van der Waals surface area contributed by atoms with E-state index in [2.05, 4.69) is 47.9 Å². The monoisotopic (exact) mass is 286 g/mol. The molecular weight excluding hydrogens is 260 g/mol. The number of fused-ring (bicyclic) bond motifs is 1. The standard InChI is InChI=1S/C18H26N2O/c1-3-16-9-6-7-11-19(16)18(21)13-20-14(2)12-15-8-4-5-10-17(15)20/h4-5,8,10,14,16H,3,6-7,9,11-13H2,1-2H3. The Morgan fingerprint density at radius 3 is 2.90 bits per heavy atom. The molecule has 1 saturated heterocycles. The van der Waals surface area contributed by atoms with Crippen LogP contribution in [0.2, 0.25) is 0 Å². The fourth-order valence-electron chi connectivity index (χ4n) is 3.86. The molecule has 21 heavy (non-hydrogen) atoms. The van der Waals surface area contributed by atoms with Crippen molar-refractivity contribution in [2.45, 2.75) is 58.0 Å². The molecule has 0 aromatic heterocycles. The van der Waals surface area contributed by atoms with Crippen LogP contribution in [-0.2, 0) is 11.2 Å². The Kier molecular flexibility index (Phi) is 4.18. The van der Waals surface area contributed by atoms with E-state index in [-0.39, 0.29) is 0 Å². The van der Waals surface area contributed by atoms with E-state index in [0.717, 1.165) is 25.8 Å². The summed E-state index contributed by atoms with van der Waals surface area (Å²) in [6, 6.07) is 9.39. The highest BCUT2D eigenvalue weighted by atomic mass is 16.2. The van der Waals surface area contributed by atoms with E-state index < -0.39 is 0 Å². The number of hydrogen-bond acceptors (Lipinski definition) is 2. The quantitative estimate of drug-likeness (QED) is 0.851. The van der Waals surface area contributed by atoms with Crippen LogP contribution in [0.5, 0.6) is 0 Å². The lowest BCUT2D eigenvalue weighted by Gasteiger charge is -2.37. The molecule has 2 aliphatic heterocycles. The molecule has 114 valence electrons. The van der Waals surface area contributed by atoms with E-state index >= 15 is 0 Å². The van der Waals surface area contributed by atoms with Gasteiger partial charge in [-0.2, -0.15) is 0 Å². The molecule has 3 rings (SSSR count). The Hall–Kier alpha value is -1.51. The molecule has 1 aromatic carbocycles. The third kappa shape index (κ3) is 2.78. The van der Waals surface area contributed by atoms with E-state index in [1.807, 2.05) is 0 Å². The van der Waals surface area contributed by atoms with Gasteiger partial charge in [-0.25, -0.2) is 0 Å². The topological polar surface area (TPSA) is 23.6 Å². The molecule has 0 aliphatic carbocycles. The molecular formula is C18H26N2O. The van der Waals surface area contributed by atoms with Gasteiger partial charge in [0.25, 0.3) is 0 Å². The molecule has 2 unspecified atom stereocenters. The maximum atomic E-state index is 12.8. The molecule has 3 heteroatoms. The molecule has 1 amide bonds. The summed E-state index contributed by atoms with van der Waals surface area (Å²) >= 11 is 0. The summed E-state index contributed by atoms with van der Waals surface area (Å²) in [6.07, 6.45) is 5.74. The Bertz CT molecular complexity index is 514. The predicted molar refractivity (Wildman–Crippen MR) is 86.6 cm³/mol. The third-order valence-corrected chi connectivity index (χ3v) is 5.07. The number of hydrogen-bond donors (Lipinski definition) is 0. The highest BCUT2D eigenvalue weighted by Gasteiger charge is 2.31. The summed E-state index contributed by atoms with van der Waals surface area (Å²) in [6.45, 7) is 5.90. The highest BCUT2D eigenvalue weighted by Crippen LogP contribution is 2.32. The SMILES string of the molecule is CCC1CCCCN1C(=O)CN1c2ccccc2CC1C. The molecule has 1 fully saturated rings. The van der Waals surface area contributed by atoms with E-state index in [4.69, 9.17) is 0 Å². The number of nitrogens with zero attached hydrogens (tertiary/aromatic N) is 2. The van der Waals surface area contributed by atoms with Crippen molar-refractivity contribution in [2.24, 2.45) is 0 Å². The first-order valence-corrected chi connectivity index (χ1v) is 8.34. The molecule has 0 radical (unpaired) electrons. The predicted octanol–water partition coefficient (Wildman–Crippen LogP) is 3.23. The number of para-hydroxylation sites is 1. The fraction of sp³-hybridized carbons (Fsp3) is 0.611. The fourth-order valence-corrected chi connectivity index (χ4v) is 3.86. The lowest BCUT2D eigenvalue weighted by Crippen LogP contribution is -2.48. The zero-order chi connectivity index (χ0) is 14.8. The summed E-state index contributed by atoms with van der Waals surface area (Å²) in [5.74, 6) is 0.310. The first-order valence-electron chi connectivity index (χ1n) is 8.34.